The molecular formula is C12H25NO2. The van der Waals surface area contributed by atoms with E-state index in [9.17, 15) is 5.11 Å². The Labute approximate surface area is 93.4 Å². The first-order valence-electron chi connectivity index (χ1n) is 6.01. The van der Waals surface area contributed by atoms with Crippen LogP contribution in [-0.2, 0) is 4.74 Å². The molecule has 0 aromatic carbocycles. The van der Waals surface area contributed by atoms with Crippen molar-refractivity contribution in [1.29, 1.82) is 0 Å². The van der Waals surface area contributed by atoms with Gasteiger partial charge in [0.2, 0.25) is 0 Å². The number of ether oxygens (including phenoxy) is 1. The van der Waals surface area contributed by atoms with Crippen molar-refractivity contribution in [2.45, 2.75) is 39.7 Å². The van der Waals surface area contributed by atoms with Crippen molar-refractivity contribution < 1.29 is 9.84 Å². The zero-order valence-electron chi connectivity index (χ0n) is 10.3. The molecule has 1 N–H and O–H groups in total. The van der Waals surface area contributed by atoms with Crippen molar-refractivity contribution in [3.05, 3.63) is 0 Å². The second-order valence-electron chi connectivity index (χ2n) is 5.28. The molecule has 1 fully saturated rings. The molecule has 0 saturated carbocycles. The number of likely N-dealkylation sites (tertiary alicyclic amines) is 1. The van der Waals surface area contributed by atoms with Crippen molar-refractivity contribution in [1.82, 2.24) is 4.90 Å². The Morgan fingerprint density at radius 2 is 1.93 bits per heavy atom. The standard InChI is InChI=1S/C12H25NO2/c1-4-15-10-11(14)9-13-7-5-12(2,3)6-8-13/h11,14H,4-10H2,1-3H3. The molecular weight excluding hydrogens is 190 g/mol. The van der Waals surface area contributed by atoms with Gasteiger partial charge in [-0.3, -0.25) is 0 Å². The van der Waals surface area contributed by atoms with Crippen molar-refractivity contribution in [2.75, 3.05) is 32.8 Å². The first-order chi connectivity index (χ1) is 7.03. The lowest BCUT2D eigenvalue weighted by atomic mass is 9.82. The van der Waals surface area contributed by atoms with E-state index in [-0.39, 0.29) is 6.10 Å². The van der Waals surface area contributed by atoms with Gasteiger partial charge in [0.25, 0.3) is 0 Å². The first kappa shape index (κ1) is 12.9. The van der Waals surface area contributed by atoms with Crippen LogP contribution in [-0.4, -0.2) is 49.0 Å². The summed E-state index contributed by atoms with van der Waals surface area (Å²) in [4.78, 5) is 2.34. The zero-order valence-corrected chi connectivity index (χ0v) is 10.3. The third-order valence-corrected chi connectivity index (χ3v) is 3.19. The molecule has 1 heterocycles. The van der Waals surface area contributed by atoms with Crippen molar-refractivity contribution in [2.24, 2.45) is 5.41 Å². The SMILES string of the molecule is CCOCC(O)CN1CCC(C)(C)CC1. The van der Waals surface area contributed by atoms with E-state index in [0.717, 1.165) is 19.6 Å². The number of piperidine rings is 1. The fourth-order valence-electron chi connectivity index (χ4n) is 1.95. The number of nitrogens with zero attached hydrogens (tertiary/aromatic N) is 1. The molecule has 1 unspecified atom stereocenters. The number of hydrogen-bond acceptors (Lipinski definition) is 3. The van der Waals surface area contributed by atoms with Gasteiger partial charge < -0.3 is 14.7 Å². The van der Waals surface area contributed by atoms with Crippen LogP contribution in [0.2, 0.25) is 0 Å². The highest BCUT2D eigenvalue weighted by atomic mass is 16.5. The summed E-state index contributed by atoms with van der Waals surface area (Å²) in [5.74, 6) is 0. The number of rotatable bonds is 5. The van der Waals surface area contributed by atoms with Crippen LogP contribution in [0.15, 0.2) is 0 Å². The predicted molar refractivity (Wildman–Crippen MR) is 62.0 cm³/mol. The Kier molecular flexibility index (Phi) is 5.03. The molecule has 1 atom stereocenters. The van der Waals surface area contributed by atoms with Gasteiger partial charge in [0, 0.05) is 13.2 Å². The van der Waals surface area contributed by atoms with Gasteiger partial charge in [-0.15, -0.1) is 0 Å². The molecule has 0 aromatic heterocycles. The van der Waals surface area contributed by atoms with E-state index >= 15 is 0 Å². The molecule has 90 valence electrons. The average molecular weight is 215 g/mol. The van der Waals surface area contributed by atoms with Crippen LogP contribution in [0.4, 0.5) is 0 Å². The van der Waals surface area contributed by atoms with Crippen LogP contribution in [0, 0.1) is 5.41 Å². The monoisotopic (exact) mass is 215 g/mol. The van der Waals surface area contributed by atoms with Gasteiger partial charge in [-0.1, -0.05) is 13.8 Å². The van der Waals surface area contributed by atoms with Crippen molar-refractivity contribution in [3.63, 3.8) is 0 Å². The van der Waals surface area contributed by atoms with E-state index in [2.05, 4.69) is 18.7 Å². The lowest BCUT2D eigenvalue weighted by Crippen LogP contribution is -2.42. The fourth-order valence-corrected chi connectivity index (χ4v) is 1.95. The summed E-state index contributed by atoms with van der Waals surface area (Å²) >= 11 is 0. The summed E-state index contributed by atoms with van der Waals surface area (Å²) < 4.78 is 5.20. The largest absolute Gasteiger partial charge is 0.389 e. The Balaban J connectivity index is 2.17. The second kappa shape index (κ2) is 5.83. The summed E-state index contributed by atoms with van der Waals surface area (Å²) in [6.45, 7) is 10.7. The fraction of sp³-hybridized carbons (Fsp3) is 1.00. The van der Waals surface area contributed by atoms with Crippen molar-refractivity contribution >= 4 is 0 Å². The van der Waals surface area contributed by atoms with E-state index in [1.54, 1.807) is 0 Å². The maximum Gasteiger partial charge on any atom is 0.0900 e. The molecule has 0 amide bonds. The molecule has 1 aliphatic rings. The summed E-state index contributed by atoms with van der Waals surface area (Å²) in [5, 5.41) is 9.70. The number of β-amino-alcohol motifs (C(OH)–C–C–N with tert-alkyl or cyclic N) is 1. The van der Waals surface area contributed by atoms with E-state index < -0.39 is 0 Å². The minimum atomic E-state index is -0.328. The molecule has 15 heavy (non-hydrogen) atoms. The molecule has 3 nitrogen and oxygen atoms in total. The Morgan fingerprint density at radius 3 is 2.47 bits per heavy atom. The summed E-state index contributed by atoms with van der Waals surface area (Å²) in [7, 11) is 0. The highest BCUT2D eigenvalue weighted by Gasteiger charge is 2.26. The van der Waals surface area contributed by atoms with Gasteiger partial charge in [-0.25, -0.2) is 0 Å². The van der Waals surface area contributed by atoms with Gasteiger partial charge in [0.15, 0.2) is 0 Å². The zero-order chi connectivity index (χ0) is 11.3. The van der Waals surface area contributed by atoms with E-state index in [0.29, 0.717) is 18.6 Å². The topological polar surface area (TPSA) is 32.7 Å². The summed E-state index contributed by atoms with van der Waals surface area (Å²) in [6, 6.07) is 0. The molecule has 1 saturated heterocycles. The van der Waals surface area contributed by atoms with Gasteiger partial charge in [0.1, 0.15) is 0 Å². The number of aliphatic hydroxyl groups excluding tert-OH is 1. The maximum absolute atomic E-state index is 9.70. The van der Waals surface area contributed by atoms with Crippen LogP contribution in [0.1, 0.15) is 33.6 Å². The minimum Gasteiger partial charge on any atom is -0.389 e. The van der Waals surface area contributed by atoms with Crippen LogP contribution < -0.4 is 0 Å². The molecule has 0 aromatic rings. The number of hydrogen-bond donors (Lipinski definition) is 1. The van der Waals surface area contributed by atoms with Crippen LogP contribution >= 0.6 is 0 Å². The smallest absolute Gasteiger partial charge is 0.0900 e. The summed E-state index contributed by atoms with van der Waals surface area (Å²) in [5.41, 5.74) is 0.487. The second-order valence-corrected chi connectivity index (χ2v) is 5.28. The van der Waals surface area contributed by atoms with E-state index in [1.807, 2.05) is 6.92 Å². The third-order valence-electron chi connectivity index (χ3n) is 3.19. The van der Waals surface area contributed by atoms with Gasteiger partial charge in [-0.05, 0) is 38.3 Å². The summed E-state index contributed by atoms with van der Waals surface area (Å²) in [6.07, 6.45) is 2.13. The molecule has 1 rings (SSSR count). The molecule has 0 aliphatic carbocycles. The van der Waals surface area contributed by atoms with E-state index in [4.69, 9.17) is 4.74 Å². The molecule has 3 heteroatoms. The Hall–Kier alpha value is -0.120. The van der Waals surface area contributed by atoms with Crippen LogP contribution in [0.5, 0.6) is 0 Å². The maximum atomic E-state index is 9.70. The number of aliphatic hydroxyl groups is 1. The highest BCUT2D eigenvalue weighted by molar-refractivity contribution is 4.79. The van der Waals surface area contributed by atoms with Crippen molar-refractivity contribution in [3.8, 4) is 0 Å². The molecule has 0 spiro atoms. The Morgan fingerprint density at radius 1 is 1.33 bits per heavy atom. The van der Waals surface area contributed by atoms with E-state index in [1.165, 1.54) is 12.8 Å². The van der Waals surface area contributed by atoms with Crippen LogP contribution in [0.3, 0.4) is 0 Å². The van der Waals surface area contributed by atoms with Gasteiger partial charge >= 0.3 is 0 Å². The quantitative estimate of drug-likeness (QED) is 0.754. The molecule has 0 bridgehead atoms. The highest BCUT2D eigenvalue weighted by Crippen LogP contribution is 2.29. The predicted octanol–water partition coefficient (Wildman–Crippen LogP) is 1.51. The molecule has 0 radical (unpaired) electrons. The first-order valence-corrected chi connectivity index (χ1v) is 6.01. The minimum absolute atomic E-state index is 0.328. The van der Waals surface area contributed by atoms with Gasteiger partial charge in [-0.2, -0.15) is 0 Å². The molecule has 1 aliphatic heterocycles. The normalized spacial score (nSPS) is 24.0. The third kappa shape index (κ3) is 4.96. The average Bonchev–Trinajstić information content (AvgIpc) is 2.18. The lowest BCUT2D eigenvalue weighted by molar-refractivity contribution is 0.00956. The Bertz CT molecular complexity index is 172. The van der Waals surface area contributed by atoms with Crippen LogP contribution in [0.25, 0.3) is 0 Å². The van der Waals surface area contributed by atoms with Gasteiger partial charge in [0.05, 0.1) is 12.7 Å². The lowest BCUT2D eigenvalue weighted by Gasteiger charge is -2.37.